The van der Waals surface area contributed by atoms with Gasteiger partial charge in [-0.1, -0.05) is 12.1 Å². The molecule has 3 aromatic rings. The Kier molecular flexibility index (Phi) is 6.28. The highest BCUT2D eigenvalue weighted by molar-refractivity contribution is 6.18. The molecule has 1 unspecified atom stereocenters. The monoisotopic (exact) mass is 464 g/mol. The van der Waals surface area contributed by atoms with Crippen molar-refractivity contribution >= 4 is 46.6 Å². The van der Waals surface area contributed by atoms with E-state index < -0.39 is 4.92 Å². The number of anilines is 2. The van der Waals surface area contributed by atoms with Crippen LogP contribution in [0.25, 0.3) is 6.08 Å². The average Bonchev–Trinajstić information content (AvgIpc) is 3.40. The molecule has 33 heavy (non-hydrogen) atoms. The largest absolute Gasteiger partial charge is 0.347 e. The van der Waals surface area contributed by atoms with Gasteiger partial charge in [0, 0.05) is 55.5 Å². The summed E-state index contributed by atoms with van der Waals surface area (Å²) in [6.45, 7) is 0.357. The van der Waals surface area contributed by atoms with Gasteiger partial charge in [-0.15, -0.1) is 11.6 Å². The standard InChI is InChI=1S/C24H21ClN4O4/c1-27-11-3-6-21(27)24(31)26-18-5-2-4-16(12-18)7-10-23(30)28-15-17(14-25)20-9-8-19(29(32)33)13-22(20)28/h2-13,17H,14-15H2,1H3,(H,26,31)/b10-7+. The minimum atomic E-state index is -0.484. The predicted molar refractivity (Wildman–Crippen MR) is 128 cm³/mol. The summed E-state index contributed by atoms with van der Waals surface area (Å²) in [5.41, 5.74) is 3.10. The normalized spacial score (nSPS) is 15.0. The summed E-state index contributed by atoms with van der Waals surface area (Å²) < 4.78 is 1.73. The lowest BCUT2D eigenvalue weighted by Crippen LogP contribution is -2.28. The summed E-state index contributed by atoms with van der Waals surface area (Å²) in [4.78, 5) is 37.6. The molecule has 0 bridgehead atoms. The molecule has 2 aromatic carbocycles. The number of carbonyl (C=O) groups is 2. The summed E-state index contributed by atoms with van der Waals surface area (Å²) in [5.74, 6) is -0.318. The van der Waals surface area contributed by atoms with E-state index in [0.29, 0.717) is 29.5 Å². The van der Waals surface area contributed by atoms with Crippen molar-refractivity contribution in [3.8, 4) is 0 Å². The average molecular weight is 465 g/mol. The van der Waals surface area contributed by atoms with Crippen LogP contribution in [0.1, 0.15) is 27.5 Å². The quantitative estimate of drug-likeness (QED) is 0.250. The molecule has 0 spiro atoms. The van der Waals surface area contributed by atoms with Crippen LogP contribution in [-0.2, 0) is 11.8 Å². The first kappa shape index (κ1) is 22.3. The van der Waals surface area contributed by atoms with Crippen molar-refractivity contribution < 1.29 is 14.5 Å². The lowest BCUT2D eigenvalue weighted by molar-refractivity contribution is -0.384. The van der Waals surface area contributed by atoms with Gasteiger partial charge in [-0.05, 0) is 47.5 Å². The summed E-state index contributed by atoms with van der Waals surface area (Å²) in [6, 6.07) is 15.1. The number of nitro groups is 1. The van der Waals surface area contributed by atoms with Gasteiger partial charge < -0.3 is 14.8 Å². The van der Waals surface area contributed by atoms with Crippen LogP contribution in [-0.4, -0.2) is 33.7 Å². The second-order valence-corrected chi connectivity index (χ2v) is 8.03. The second kappa shape index (κ2) is 9.30. The van der Waals surface area contributed by atoms with Crippen molar-refractivity contribution in [3.63, 3.8) is 0 Å². The molecule has 4 rings (SSSR count). The third-order valence-corrected chi connectivity index (χ3v) is 5.92. The Morgan fingerprint density at radius 1 is 1.21 bits per heavy atom. The van der Waals surface area contributed by atoms with Gasteiger partial charge in [-0.3, -0.25) is 19.7 Å². The van der Waals surface area contributed by atoms with Gasteiger partial charge in [0.05, 0.1) is 10.6 Å². The van der Waals surface area contributed by atoms with Crippen molar-refractivity contribution in [1.82, 2.24) is 4.57 Å². The number of nitrogens with zero attached hydrogens (tertiary/aromatic N) is 3. The number of benzene rings is 2. The minimum Gasteiger partial charge on any atom is -0.347 e. The molecular formula is C24H21ClN4O4. The highest BCUT2D eigenvalue weighted by Gasteiger charge is 2.32. The molecule has 1 aromatic heterocycles. The fraction of sp³-hybridized carbons (Fsp3) is 0.167. The van der Waals surface area contributed by atoms with Crippen molar-refractivity contribution in [1.29, 1.82) is 0 Å². The summed E-state index contributed by atoms with van der Waals surface area (Å²) in [6.07, 6.45) is 4.85. The van der Waals surface area contributed by atoms with Crippen LogP contribution in [0.3, 0.4) is 0 Å². The van der Waals surface area contributed by atoms with E-state index in [9.17, 15) is 19.7 Å². The first-order valence-electron chi connectivity index (χ1n) is 10.2. The number of carbonyl (C=O) groups excluding carboxylic acids is 2. The highest BCUT2D eigenvalue weighted by atomic mass is 35.5. The number of fused-ring (bicyclic) bond motifs is 1. The van der Waals surface area contributed by atoms with E-state index in [4.69, 9.17) is 11.6 Å². The van der Waals surface area contributed by atoms with Crippen LogP contribution in [0, 0.1) is 10.1 Å². The Balaban J connectivity index is 1.51. The maximum absolute atomic E-state index is 12.9. The molecule has 0 fully saturated rings. The molecule has 0 saturated carbocycles. The Labute approximate surface area is 195 Å². The molecule has 1 N–H and O–H groups in total. The van der Waals surface area contributed by atoms with Crippen molar-refractivity contribution in [3.05, 3.63) is 93.8 Å². The van der Waals surface area contributed by atoms with Gasteiger partial charge in [0.25, 0.3) is 17.5 Å². The zero-order chi connectivity index (χ0) is 23.5. The summed E-state index contributed by atoms with van der Waals surface area (Å²) in [7, 11) is 1.79. The maximum atomic E-state index is 12.9. The van der Waals surface area contributed by atoms with Crippen LogP contribution < -0.4 is 10.2 Å². The SMILES string of the molecule is Cn1cccc1C(=O)Nc1cccc(/C=C/C(=O)N2CC(CCl)c3ccc([N+](=O)[O-])cc32)c1. The van der Waals surface area contributed by atoms with E-state index in [1.165, 1.54) is 23.1 Å². The number of nitro benzene ring substituents is 1. The van der Waals surface area contributed by atoms with Crippen molar-refractivity contribution in [2.45, 2.75) is 5.92 Å². The number of rotatable bonds is 6. The van der Waals surface area contributed by atoms with Gasteiger partial charge in [0.1, 0.15) is 5.69 Å². The number of nitrogens with one attached hydrogen (secondary N) is 1. The molecular weight excluding hydrogens is 444 g/mol. The third-order valence-electron chi connectivity index (χ3n) is 5.55. The lowest BCUT2D eigenvalue weighted by Gasteiger charge is -2.15. The predicted octanol–water partition coefficient (Wildman–Crippen LogP) is 4.57. The van der Waals surface area contributed by atoms with Gasteiger partial charge >= 0.3 is 0 Å². The van der Waals surface area contributed by atoms with Crippen LogP contribution >= 0.6 is 11.6 Å². The Bertz CT molecular complexity index is 1270. The molecule has 0 radical (unpaired) electrons. The molecule has 1 atom stereocenters. The lowest BCUT2D eigenvalue weighted by atomic mass is 10.0. The van der Waals surface area contributed by atoms with E-state index in [0.717, 1.165) is 11.1 Å². The fourth-order valence-electron chi connectivity index (χ4n) is 3.85. The van der Waals surface area contributed by atoms with Gasteiger partial charge in [-0.2, -0.15) is 0 Å². The fourth-order valence-corrected chi connectivity index (χ4v) is 4.12. The van der Waals surface area contributed by atoms with Gasteiger partial charge in [0.2, 0.25) is 0 Å². The number of aromatic nitrogens is 1. The molecule has 9 heteroatoms. The second-order valence-electron chi connectivity index (χ2n) is 7.72. The van der Waals surface area contributed by atoms with Crippen molar-refractivity contribution in [2.75, 3.05) is 22.6 Å². The van der Waals surface area contributed by atoms with Crippen LogP contribution in [0.4, 0.5) is 17.1 Å². The van der Waals surface area contributed by atoms with E-state index in [2.05, 4.69) is 5.32 Å². The Morgan fingerprint density at radius 2 is 2.03 bits per heavy atom. The van der Waals surface area contributed by atoms with E-state index in [1.54, 1.807) is 60.3 Å². The number of halogens is 1. The molecule has 2 amide bonds. The maximum Gasteiger partial charge on any atom is 0.272 e. The minimum absolute atomic E-state index is 0.0765. The van der Waals surface area contributed by atoms with E-state index >= 15 is 0 Å². The zero-order valence-electron chi connectivity index (χ0n) is 17.8. The van der Waals surface area contributed by atoms with Gasteiger partial charge in [-0.25, -0.2) is 0 Å². The number of alkyl halides is 1. The molecule has 1 aliphatic rings. The Morgan fingerprint density at radius 3 is 2.73 bits per heavy atom. The molecule has 168 valence electrons. The molecule has 8 nitrogen and oxygen atoms in total. The summed E-state index contributed by atoms with van der Waals surface area (Å²) in [5, 5.41) is 14.0. The molecule has 1 aliphatic heterocycles. The number of hydrogen-bond acceptors (Lipinski definition) is 4. The zero-order valence-corrected chi connectivity index (χ0v) is 18.5. The Hall–Kier alpha value is -3.91. The van der Waals surface area contributed by atoms with Crippen molar-refractivity contribution in [2.24, 2.45) is 7.05 Å². The van der Waals surface area contributed by atoms with Crippen LogP contribution in [0.5, 0.6) is 0 Å². The first-order valence-corrected chi connectivity index (χ1v) is 10.8. The molecule has 2 heterocycles. The highest BCUT2D eigenvalue weighted by Crippen LogP contribution is 2.39. The number of aryl methyl sites for hydroxylation is 1. The third kappa shape index (κ3) is 4.65. The number of non-ortho nitro benzene ring substituents is 1. The van der Waals surface area contributed by atoms with E-state index in [1.807, 2.05) is 6.07 Å². The van der Waals surface area contributed by atoms with E-state index in [-0.39, 0.29) is 23.4 Å². The summed E-state index contributed by atoms with van der Waals surface area (Å²) >= 11 is 6.06. The molecule has 0 aliphatic carbocycles. The smallest absolute Gasteiger partial charge is 0.272 e. The van der Waals surface area contributed by atoms with Gasteiger partial charge in [0.15, 0.2) is 0 Å². The number of hydrogen-bond donors (Lipinski definition) is 1. The number of amides is 2. The van der Waals surface area contributed by atoms with Crippen LogP contribution in [0.2, 0.25) is 0 Å². The topological polar surface area (TPSA) is 97.5 Å². The molecule has 0 saturated heterocycles. The van der Waals surface area contributed by atoms with Crippen LogP contribution in [0.15, 0.2) is 66.9 Å². The first-order chi connectivity index (χ1) is 15.9.